The number of benzene rings is 2. The number of carbonyl (C=O) groups is 1. The summed E-state index contributed by atoms with van der Waals surface area (Å²) < 4.78 is 12.2. The Hall–Kier alpha value is -2.05. The van der Waals surface area contributed by atoms with E-state index in [9.17, 15) is 9.90 Å². The lowest BCUT2D eigenvalue weighted by atomic mass is 9.95. The zero-order chi connectivity index (χ0) is 22.5. The van der Waals surface area contributed by atoms with Crippen LogP contribution in [0.1, 0.15) is 53.0 Å². The van der Waals surface area contributed by atoms with Crippen molar-refractivity contribution in [3.63, 3.8) is 0 Å². The zero-order valence-corrected chi connectivity index (χ0v) is 20.5. The summed E-state index contributed by atoms with van der Waals surface area (Å²) in [6, 6.07) is 9.48. The van der Waals surface area contributed by atoms with Crippen LogP contribution in [0.5, 0.6) is 5.75 Å². The van der Waals surface area contributed by atoms with Gasteiger partial charge in [0.25, 0.3) is 0 Å². The van der Waals surface area contributed by atoms with Crippen molar-refractivity contribution < 1.29 is 19.1 Å². The molecule has 1 heterocycles. The van der Waals surface area contributed by atoms with Gasteiger partial charge in [0.1, 0.15) is 11.4 Å². The number of hydrogen-bond acceptors (Lipinski definition) is 4. The van der Waals surface area contributed by atoms with Crippen LogP contribution in [0, 0.1) is 0 Å². The number of phenols is 1. The van der Waals surface area contributed by atoms with E-state index in [2.05, 4.69) is 33.9 Å². The first-order valence-corrected chi connectivity index (χ1v) is 13.5. The van der Waals surface area contributed by atoms with E-state index >= 15 is 0 Å². The van der Waals surface area contributed by atoms with Crippen molar-refractivity contribution in [2.24, 2.45) is 0 Å². The Balaban J connectivity index is 2.03. The summed E-state index contributed by atoms with van der Waals surface area (Å²) in [5.41, 5.74) is 1.17. The van der Waals surface area contributed by atoms with E-state index in [-0.39, 0.29) is 16.7 Å². The van der Waals surface area contributed by atoms with Crippen molar-refractivity contribution in [3.05, 3.63) is 35.9 Å². The lowest BCUT2D eigenvalue weighted by molar-refractivity contribution is 0.0581. The summed E-state index contributed by atoms with van der Waals surface area (Å²) in [5, 5.41) is 12.5. The van der Waals surface area contributed by atoms with E-state index < -0.39 is 20.0 Å². The highest BCUT2D eigenvalue weighted by Crippen LogP contribution is 2.46. The molecule has 1 N–H and O–H groups in total. The normalized spacial score (nSPS) is 17.3. The third kappa shape index (κ3) is 4.35. The molecule has 0 radical (unpaired) electrons. The summed E-state index contributed by atoms with van der Waals surface area (Å²) in [7, 11) is -1.94. The molecule has 1 aliphatic rings. The number of aromatic hydroxyl groups is 1. The van der Waals surface area contributed by atoms with E-state index in [1.807, 2.05) is 45.0 Å². The Labute approximate surface area is 181 Å². The average Bonchev–Trinajstić information content (AvgIpc) is 2.97. The summed E-state index contributed by atoms with van der Waals surface area (Å²) in [5.74, 6) is 0.191. The molecule has 0 aliphatic carbocycles. The highest BCUT2D eigenvalue weighted by molar-refractivity contribution is 6.74. The van der Waals surface area contributed by atoms with Gasteiger partial charge in [0.2, 0.25) is 0 Å². The van der Waals surface area contributed by atoms with E-state index in [1.165, 1.54) is 0 Å². The van der Waals surface area contributed by atoms with E-state index in [4.69, 9.17) is 9.16 Å². The molecule has 0 saturated heterocycles. The average molecular weight is 430 g/mol. The highest BCUT2D eigenvalue weighted by Gasteiger charge is 2.41. The number of ether oxygens (including phenoxy) is 1. The summed E-state index contributed by atoms with van der Waals surface area (Å²) in [6.07, 6.45) is -0.395. The molecule has 5 nitrogen and oxygen atoms in total. The largest absolute Gasteiger partial charge is 0.507 e. The Morgan fingerprint density at radius 3 is 2.30 bits per heavy atom. The molecular weight excluding hydrogens is 394 g/mol. The highest BCUT2D eigenvalue weighted by atomic mass is 28.4. The monoisotopic (exact) mass is 429 g/mol. The molecule has 0 fully saturated rings. The topological polar surface area (TPSA) is 59.0 Å². The predicted molar refractivity (Wildman–Crippen MR) is 125 cm³/mol. The van der Waals surface area contributed by atoms with Gasteiger partial charge in [-0.25, -0.2) is 4.79 Å². The van der Waals surface area contributed by atoms with Crippen molar-refractivity contribution in [3.8, 4) is 5.75 Å². The molecule has 1 amide bonds. The van der Waals surface area contributed by atoms with Crippen LogP contribution in [0.2, 0.25) is 18.1 Å². The van der Waals surface area contributed by atoms with Crippen molar-refractivity contribution in [1.29, 1.82) is 0 Å². The van der Waals surface area contributed by atoms with Crippen molar-refractivity contribution in [2.45, 2.75) is 71.2 Å². The first-order valence-electron chi connectivity index (χ1n) is 10.6. The minimum Gasteiger partial charge on any atom is -0.507 e. The summed E-state index contributed by atoms with van der Waals surface area (Å²) in [6.45, 7) is 17.7. The van der Waals surface area contributed by atoms with E-state index in [1.54, 1.807) is 11.0 Å². The summed E-state index contributed by atoms with van der Waals surface area (Å²) in [4.78, 5) is 14.6. The number of amides is 1. The maximum Gasteiger partial charge on any atom is 0.414 e. The van der Waals surface area contributed by atoms with Gasteiger partial charge in [-0.1, -0.05) is 45.0 Å². The lowest BCUT2D eigenvalue weighted by Gasteiger charge is -2.37. The molecule has 3 rings (SSSR count). The van der Waals surface area contributed by atoms with Crippen LogP contribution >= 0.6 is 0 Å². The Bertz CT molecular complexity index is 956. The molecule has 0 bridgehead atoms. The predicted octanol–water partition coefficient (Wildman–Crippen LogP) is 6.41. The molecule has 2 aromatic rings. The fourth-order valence-electron chi connectivity index (χ4n) is 3.58. The second-order valence-corrected chi connectivity index (χ2v) is 15.5. The quantitative estimate of drug-likeness (QED) is 0.573. The van der Waals surface area contributed by atoms with Crippen LogP contribution in [0.25, 0.3) is 10.8 Å². The lowest BCUT2D eigenvalue weighted by Crippen LogP contribution is -2.42. The standard InChI is InChI=1S/C24H35NO4Si/c1-23(2,3)29-22(27)25-14-16(15-28-30(7,8)24(4,5)6)21-18-12-10-9-11-17(18)20(26)13-19(21)25/h9-13,16,26H,14-15H2,1-8H3. The van der Waals surface area contributed by atoms with Crippen molar-refractivity contribution >= 4 is 30.9 Å². The molecule has 1 atom stereocenters. The maximum absolute atomic E-state index is 13.0. The van der Waals surface area contributed by atoms with Gasteiger partial charge in [0.15, 0.2) is 8.32 Å². The van der Waals surface area contributed by atoms with Gasteiger partial charge in [-0.2, -0.15) is 0 Å². The zero-order valence-electron chi connectivity index (χ0n) is 19.5. The molecule has 0 aromatic heterocycles. The minimum atomic E-state index is -1.94. The number of phenolic OH excluding ortho intramolecular Hbond substituents is 1. The fourth-order valence-corrected chi connectivity index (χ4v) is 4.63. The molecule has 30 heavy (non-hydrogen) atoms. The molecule has 1 aliphatic heterocycles. The van der Waals surface area contributed by atoms with Crippen LogP contribution in [0.15, 0.2) is 30.3 Å². The number of hydrogen-bond donors (Lipinski definition) is 1. The first-order chi connectivity index (χ1) is 13.7. The fraction of sp³-hybridized carbons (Fsp3) is 0.542. The van der Waals surface area contributed by atoms with Crippen LogP contribution in [-0.2, 0) is 9.16 Å². The second-order valence-electron chi connectivity index (χ2n) is 10.7. The molecular formula is C24H35NO4Si. The molecule has 0 spiro atoms. The van der Waals surface area contributed by atoms with Gasteiger partial charge in [0.05, 0.1) is 5.69 Å². The van der Waals surface area contributed by atoms with Crippen molar-refractivity contribution in [2.75, 3.05) is 18.1 Å². The minimum absolute atomic E-state index is 0.0205. The Kier molecular flexibility index (Phi) is 5.71. The van der Waals surface area contributed by atoms with Crippen LogP contribution in [0.3, 0.4) is 0 Å². The van der Waals surface area contributed by atoms with Crippen molar-refractivity contribution in [1.82, 2.24) is 0 Å². The van der Waals surface area contributed by atoms with Crippen LogP contribution in [0.4, 0.5) is 10.5 Å². The van der Waals surface area contributed by atoms with Crippen LogP contribution < -0.4 is 4.90 Å². The molecule has 6 heteroatoms. The Morgan fingerprint density at radius 1 is 1.13 bits per heavy atom. The molecule has 2 aromatic carbocycles. The number of fused-ring (bicyclic) bond motifs is 3. The molecule has 0 saturated carbocycles. The SMILES string of the molecule is CC(C)(C)OC(=O)N1CC(CO[Si](C)(C)C(C)(C)C)c2c1cc(O)c1ccccc21. The van der Waals surface area contributed by atoms with Crippen LogP contribution in [-0.4, -0.2) is 38.3 Å². The number of nitrogens with zero attached hydrogens (tertiary/aromatic N) is 1. The van der Waals surface area contributed by atoms with E-state index in [0.29, 0.717) is 18.8 Å². The number of anilines is 1. The third-order valence-electron chi connectivity index (χ3n) is 6.21. The first kappa shape index (κ1) is 22.6. The van der Waals surface area contributed by atoms with Gasteiger partial charge < -0.3 is 14.3 Å². The number of carbonyl (C=O) groups excluding carboxylic acids is 1. The molecule has 164 valence electrons. The van der Waals surface area contributed by atoms with Gasteiger partial charge in [-0.05, 0) is 49.9 Å². The van der Waals surface area contributed by atoms with Gasteiger partial charge in [-0.3, -0.25) is 4.90 Å². The third-order valence-corrected chi connectivity index (χ3v) is 10.7. The second kappa shape index (κ2) is 7.57. The van der Waals surface area contributed by atoms with Gasteiger partial charge in [-0.15, -0.1) is 0 Å². The smallest absolute Gasteiger partial charge is 0.414 e. The van der Waals surface area contributed by atoms with Gasteiger partial charge >= 0.3 is 6.09 Å². The van der Waals surface area contributed by atoms with E-state index in [0.717, 1.165) is 16.3 Å². The molecule has 1 unspecified atom stereocenters. The van der Waals surface area contributed by atoms with Gasteiger partial charge in [0, 0.05) is 30.5 Å². The summed E-state index contributed by atoms with van der Waals surface area (Å²) >= 11 is 0. The number of rotatable bonds is 3. The Morgan fingerprint density at radius 2 is 1.73 bits per heavy atom. The maximum atomic E-state index is 13.0.